The maximum atomic E-state index is 12.4. The first-order valence-corrected chi connectivity index (χ1v) is 9.23. The Kier molecular flexibility index (Phi) is 7.77. The minimum absolute atomic E-state index is 0.0747. The topological polar surface area (TPSA) is 113 Å². The van der Waals surface area contributed by atoms with Crippen LogP contribution in [0.1, 0.15) is 32.6 Å². The SMILES string of the molecule is C=C1C(=O)OC2CC(C)CCCC(CO)=CC(OC(=O)C(=CCO)CO)C12. The van der Waals surface area contributed by atoms with E-state index in [2.05, 4.69) is 13.5 Å². The molecule has 2 rings (SSSR count). The van der Waals surface area contributed by atoms with Crippen molar-refractivity contribution in [1.82, 2.24) is 0 Å². The van der Waals surface area contributed by atoms with Gasteiger partial charge in [0.25, 0.3) is 0 Å². The smallest absolute Gasteiger partial charge is 0.336 e. The molecule has 2 aliphatic rings. The Balaban J connectivity index is 2.39. The predicted octanol–water partition coefficient (Wildman–Crippen LogP) is 1.04. The number of carbonyl (C=O) groups excluding carboxylic acids is 2. The zero-order chi connectivity index (χ0) is 20.0. The Morgan fingerprint density at radius 3 is 2.78 bits per heavy atom. The predicted molar refractivity (Wildman–Crippen MR) is 97.4 cm³/mol. The number of esters is 2. The normalized spacial score (nSPS) is 29.6. The first-order chi connectivity index (χ1) is 12.9. The fourth-order valence-electron chi connectivity index (χ4n) is 3.62. The van der Waals surface area contributed by atoms with E-state index < -0.39 is 43.3 Å². The summed E-state index contributed by atoms with van der Waals surface area (Å²) < 4.78 is 11.0. The molecule has 27 heavy (non-hydrogen) atoms. The van der Waals surface area contributed by atoms with Crippen LogP contribution in [0.2, 0.25) is 0 Å². The number of fused-ring (bicyclic) bond motifs is 1. The number of hydrogen-bond acceptors (Lipinski definition) is 7. The standard InChI is InChI=1S/C20H28O7/c1-12-4-3-5-14(10-22)9-17(27-20(25)15(11-23)6-7-21)18-13(2)19(24)26-16(18)8-12/h6,9,12,16-18,21-23H,2-5,7-8,10-11H2,1H3. The van der Waals surface area contributed by atoms with E-state index in [1.54, 1.807) is 6.08 Å². The second-order valence-electron chi connectivity index (χ2n) is 7.15. The van der Waals surface area contributed by atoms with E-state index in [4.69, 9.17) is 14.6 Å². The van der Waals surface area contributed by atoms with Gasteiger partial charge >= 0.3 is 11.9 Å². The van der Waals surface area contributed by atoms with Gasteiger partial charge < -0.3 is 24.8 Å². The summed E-state index contributed by atoms with van der Waals surface area (Å²) in [6, 6.07) is 0. The second-order valence-corrected chi connectivity index (χ2v) is 7.15. The van der Waals surface area contributed by atoms with Crippen molar-refractivity contribution >= 4 is 11.9 Å². The molecule has 0 aromatic heterocycles. The van der Waals surface area contributed by atoms with E-state index >= 15 is 0 Å². The molecule has 0 aromatic rings. The van der Waals surface area contributed by atoms with E-state index in [0.29, 0.717) is 24.3 Å². The molecule has 4 atom stereocenters. The molecule has 1 aliphatic carbocycles. The van der Waals surface area contributed by atoms with Crippen LogP contribution in [-0.2, 0) is 19.1 Å². The van der Waals surface area contributed by atoms with Crippen molar-refractivity contribution in [2.24, 2.45) is 11.8 Å². The van der Waals surface area contributed by atoms with Gasteiger partial charge in [0.15, 0.2) is 0 Å². The lowest BCUT2D eigenvalue weighted by Crippen LogP contribution is -2.34. The van der Waals surface area contributed by atoms with Gasteiger partial charge in [0.2, 0.25) is 0 Å². The number of aliphatic hydroxyl groups excluding tert-OH is 3. The molecule has 0 radical (unpaired) electrons. The van der Waals surface area contributed by atoms with Crippen molar-refractivity contribution in [2.75, 3.05) is 19.8 Å². The molecule has 150 valence electrons. The summed E-state index contributed by atoms with van der Waals surface area (Å²) in [6.07, 6.45) is 4.60. The second kappa shape index (κ2) is 9.82. The molecule has 1 aliphatic heterocycles. The van der Waals surface area contributed by atoms with Gasteiger partial charge in [-0.2, -0.15) is 0 Å². The molecule has 7 nitrogen and oxygen atoms in total. The number of aliphatic hydroxyl groups is 3. The van der Waals surface area contributed by atoms with E-state index in [9.17, 15) is 19.8 Å². The lowest BCUT2D eigenvalue weighted by molar-refractivity contribution is -0.146. The molecule has 1 heterocycles. The molecule has 7 heteroatoms. The number of ether oxygens (including phenoxy) is 2. The summed E-state index contributed by atoms with van der Waals surface area (Å²) in [5.41, 5.74) is 0.870. The van der Waals surface area contributed by atoms with E-state index in [-0.39, 0.29) is 17.8 Å². The highest BCUT2D eigenvalue weighted by molar-refractivity contribution is 5.92. The van der Waals surface area contributed by atoms with Gasteiger partial charge in [-0.25, -0.2) is 9.59 Å². The Morgan fingerprint density at radius 1 is 1.41 bits per heavy atom. The molecule has 1 saturated heterocycles. The zero-order valence-electron chi connectivity index (χ0n) is 15.6. The monoisotopic (exact) mass is 380 g/mol. The zero-order valence-corrected chi connectivity index (χ0v) is 15.6. The third-order valence-corrected chi connectivity index (χ3v) is 5.12. The van der Waals surface area contributed by atoms with Crippen molar-refractivity contribution in [2.45, 2.75) is 44.8 Å². The molecule has 1 fully saturated rings. The van der Waals surface area contributed by atoms with Crippen LogP contribution in [0.5, 0.6) is 0 Å². The molecule has 0 spiro atoms. The lowest BCUT2D eigenvalue weighted by atomic mass is 9.83. The third-order valence-electron chi connectivity index (χ3n) is 5.12. The summed E-state index contributed by atoms with van der Waals surface area (Å²) >= 11 is 0. The van der Waals surface area contributed by atoms with Crippen molar-refractivity contribution in [3.05, 3.63) is 35.5 Å². The van der Waals surface area contributed by atoms with Gasteiger partial charge in [0.05, 0.1) is 31.3 Å². The van der Waals surface area contributed by atoms with Crippen molar-refractivity contribution in [3.63, 3.8) is 0 Å². The highest BCUT2D eigenvalue weighted by Gasteiger charge is 2.45. The van der Waals surface area contributed by atoms with Crippen LogP contribution in [0.4, 0.5) is 0 Å². The van der Waals surface area contributed by atoms with Crippen LogP contribution in [-0.4, -0.2) is 59.3 Å². The number of hydrogen-bond donors (Lipinski definition) is 3. The fourth-order valence-corrected chi connectivity index (χ4v) is 3.62. The molecule has 0 aromatic carbocycles. The molecule has 0 amide bonds. The number of rotatable bonds is 5. The van der Waals surface area contributed by atoms with E-state index in [1.165, 1.54) is 6.08 Å². The average molecular weight is 380 g/mol. The minimum atomic E-state index is -0.859. The quantitative estimate of drug-likeness (QED) is 0.371. The first kappa shape index (κ1) is 21.3. The molecular formula is C20H28O7. The van der Waals surface area contributed by atoms with Gasteiger partial charge in [0.1, 0.15) is 12.2 Å². The molecule has 0 saturated carbocycles. The molecule has 0 bridgehead atoms. The molecule has 3 N–H and O–H groups in total. The van der Waals surface area contributed by atoms with Crippen LogP contribution < -0.4 is 0 Å². The van der Waals surface area contributed by atoms with Gasteiger partial charge in [0, 0.05) is 5.57 Å². The van der Waals surface area contributed by atoms with E-state index in [0.717, 1.165) is 12.8 Å². The fraction of sp³-hybridized carbons (Fsp3) is 0.600. The highest BCUT2D eigenvalue weighted by Crippen LogP contribution is 2.37. The summed E-state index contributed by atoms with van der Waals surface area (Å²) in [5.74, 6) is -1.56. The highest BCUT2D eigenvalue weighted by atomic mass is 16.6. The largest absolute Gasteiger partial charge is 0.458 e. The van der Waals surface area contributed by atoms with Gasteiger partial charge in [-0.05, 0) is 42.9 Å². The molecule has 4 unspecified atom stereocenters. The Labute approximate surface area is 159 Å². The van der Waals surface area contributed by atoms with Crippen LogP contribution in [0.25, 0.3) is 0 Å². The summed E-state index contributed by atoms with van der Waals surface area (Å²) in [5, 5.41) is 28.0. The van der Waals surface area contributed by atoms with Crippen molar-refractivity contribution in [3.8, 4) is 0 Å². The maximum absolute atomic E-state index is 12.4. The first-order valence-electron chi connectivity index (χ1n) is 9.23. The minimum Gasteiger partial charge on any atom is -0.458 e. The molecular weight excluding hydrogens is 352 g/mol. The average Bonchev–Trinajstić information content (AvgIpc) is 2.91. The Bertz CT molecular complexity index is 634. The third kappa shape index (κ3) is 5.28. The maximum Gasteiger partial charge on any atom is 0.336 e. The van der Waals surface area contributed by atoms with Crippen LogP contribution >= 0.6 is 0 Å². The number of carbonyl (C=O) groups is 2. The Hall–Kier alpha value is -1.96. The van der Waals surface area contributed by atoms with Crippen LogP contribution in [0.3, 0.4) is 0 Å². The van der Waals surface area contributed by atoms with E-state index in [1.807, 2.05) is 0 Å². The van der Waals surface area contributed by atoms with Crippen LogP contribution in [0, 0.1) is 11.8 Å². The summed E-state index contributed by atoms with van der Waals surface area (Å²) in [4.78, 5) is 24.5. The lowest BCUT2D eigenvalue weighted by Gasteiger charge is -2.28. The van der Waals surface area contributed by atoms with Crippen LogP contribution in [0.15, 0.2) is 35.5 Å². The Morgan fingerprint density at radius 2 is 2.15 bits per heavy atom. The van der Waals surface area contributed by atoms with Gasteiger partial charge in [-0.1, -0.05) is 19.9 Å². The van der Waals surface area contributed by atoms with Crippen molar-refractivity contribution in [1.29, 1.82) is 0 Å². The summed E-state index contributed by atoms with van der Waals surface area (Å²) in [6.45, 7) is 4.72. The van der Waals surface area contributed by atoms with Gasteiger partial charge in [-0.3, -0.25) is 0 Å². The van der Waals surface area contributed by atoms with Gasteiger partial charge in [-0.15, -0.1) is 0 Å². The summed E-state index contributed by atoms with van der Waals surface area (Å²) in [7, 11) is 0. The van der Waals surface area contributed by atoms with Crippen molar-refractivity contribution < 1.29 is 34.4 Å².